The number of nitrogens with zero attached hydrogens (tertiary/aromatic N) is 3. The zero-order valence-corrected chi connectivity index (χ0v) is 11.8. The molecule has 0 aliphatic rings. The first-order valence-electron chi connectivity index (χ1n) is 5.57. The lowest BCUT2D eigenvalue weighted by atomic mass is 10.3. The molecule has 6 nitrogen and oxygen atoms in total. The number of hydrogen-bond acceptors (Lipinski definition) is 4. The minimum atomic E-state index is -3.63. The molecule has 102 valence electrons. The maximum Gasteiger partial charge on any atom is 0.243 e. The third-order valence-electron chi connectivity index (χ3n) is 2.47. The molecule has 0 aliphatic carbocycles. The van der Waals surface area contributed by atoms with Gasteiger partial charge in [0.1, 0.15) is 4.90 Å². The smallest absolute Gasteiger partial charge is 0.243 e. The highest BCUT2D eigenvalue weighted by molar-refractivity contribution is 7.89. The van der Waals surface area contributed by atoms with Crippen molar-refractivity contribution in [1.29, 1.82) is 0 Å². The third-order valence-corrected chi connectivity index (χ3v) is 4.40. The van der Waals surface area contributed by atoms with Crippen molar-refractivity contribution < 1.29 is 8.42 Å². The molecule has 0 aromatic carbocycles. The third kappa shape index (κ3) is 3.52. The van der Waals surface area contributed by atoms with E-state index in [1.54, 1.807) is 4.68 Å². The van der Waals surface area contributed by atoms with Gasteiger partial charge in [0.05, 0.1) is 10.7 Å². The van der Waals surface area contributed by atoms with Crippen LogP contribution in [0.15, 0.2) is 35.6 Å². The van der Waals surface area contributed by atoms with Crippen LogP contribution in [0, 0.1) is 0 Å². The largest absolute Gasteiger partial charge is 0.276 e. The molecule has 0 aliphatic heterocycles. The van der Waals surface area contributed by atoms with Crippen molar-refractivity contribution in [2.24, 2.45) is 7.05 Å². The molecule has 0 unspecified atom stereocenters. The summed E-state index contributed by atoms with van der Waals surface area (Å²) in [6.45, 7) is 0.255. The van der Waals surface area contributed by atoms with Crippen LogP contribution in [-0.4, -0.2) is 29.7 Å². The maximum absolute atomic E-state index is 12.0. The van der Waals surface area contributed by atoms with Crippen LogP contribution in [0.25, 0.3) is 0 Å². The van der Waals surface area contributed by atoms with E-state index in [1.165, 1.54) is 18.5 Å². The number of pyridine rings is 1. The maximum atomic E-state index is 12.0. The van der Waals surface area contributed by atoms with Gasteiger partial charge in [-0.05, 0) is 12.1 Å². The molecule has 2 aromatic rings. The van der Waals surface area contributed by atoms with E-state index in [1.807, 2.05) is 19.3 Å². The van der Waals surface area contributed by atoms with Crippen LogP contribution in [-0.2, 0) is 23.5 Å². The van der Waals surface area contributed by atoms with Gasteiger partial charge in [0.25, 0.3) is 0 Å². The Kier molecular flexibility index (Phi) is 4.18. The minimum Gasteiger partial charge on any atom is -0.276 e. The monoisotopic (exact) mass is 300 g/mol. The molecule has 0 saturated heterocycles. The summed E-state index contributed by atoms with van der Waals surface area (Å²) in [5.41, 5.74) is 0.822. The molecule has 0 radical (unpaired) electrons. The highest BCUT2D eigenvalue weighted by Gasteiger charge is 2.17. The Balaban J connectivity index is 2.01. The van der Waals surface area contributed by atoms with Crippen LogP contribution in [0.3, 0.4) is 0 Å². The molecule has 2 heterocycles. The quantitative estimate of drug-likeness (QED) is 0.893. The van der Waals surface area contributed by atoms with Crippen LogP contribution >= 0.6 is 11.6 Å². The number of aryl methyl sites for hydroxylation is 1. The van der Waals surface area contributed by atoms with Gasteiger partial charge in [0.2, 0.25) is 10.0 Å². The second-order valence-electron chi connectivity index (χ2n) is 3.93. The fraction of sp³-hybridized carbons (Fsp3) is 0.273. The normalized spacial score (nSPS) is 11.7. The Morgan fingerprint density at radius 2 is 2.21 bits per heavy atom. The highest BCUT2D eigenvalue weighted by Crippen LogP contribution is 2.18. The molecule has 0 fully saturated rings. The van der Waals surface area contributed by atoms with E-state index in [0.29, 0.717) is 6.42 Å². The molecule has 0 amide bonds. The summed E-state index contributed by atoms with van der Waals surface area (Å²) in [4.78, 5) is 3.75. The summed E-state index contributed by atoms with van der Waals surface area (Å²) in [5, 5.41) is 4.32. The lowest BCUT2D eigenvalue weighted by Gasteiger charge is -2.06. The molecular formula is C11H13ClN4O2S. The summed E-state index contributed by atoms with van der Waals surface area (Å²) in [6, 6.07) is 3.28. The summed E-state index contributed by atoms with van der Waals surface area (Å²) in [6.07, 6.45) is 4.99. The molecule has 8 heteroatoms. The number of rotatable bonds is 5. The number of nitrogens with one attached hydrogen (secondary N) is 1. The van der Waals surface area contributed by atoms with E-state index in [2.05, 4.69) is 14.8 Å². The number of aromatic nitrogens is 3. The molecular weight excluding hydrogens is 288 g/mol. The first-order chi connectivity index (χ1) is 8.99. The number of hydrogen-bond donors (Lipinski definition) is 1. The molecule has 0 bridgehead atoms. The van der Waals surface area contributed by atoms with Crippen molar-refractivity contribution in [1.82, 2.24) is 19.5 Å². The van der Waals surface area contributed by atoms with Gasteiger partial charge in [0, 0.05) is 38.6 Å². The van der Waals surface area contributed by atoms with Crippen molar-refractivity contribution in [3.63, 3.8) is 0 Å². The van der Waals surface area contributed by atoms with E-state index in [-0.39, 0.29) is 16.5 Å². The lowest BCUT2D eigenvalue weighted by Crippen LogP contribution is -2.26. The van der Waals surface area contributed by atoms with Gasteiger partial charge in [-0.3, -0.25) is 9.67 Å². The SMILES string of the molecule is Cn1ccc(CCNS(=O)(=O)c2cnccc2Cl)n1. The molecule has 0 atom stereocenters. The Bertz CT molecular complexity index is 669. The van der Waals surface area contributed by atoms with E-state index >= 15 is 0 Å². The average molecular weight is 301 g/mol. The van der Waals surface area contributed by atoms with Gasteiger partial charge in [-0.1, -0.05) is 11.6 Å². The topological polar surface area (TPSA) is 76.9 Å². The average Bonchev–Trinajstić information content (AvgIpc) is 2.75. The van der Waals surface area contributed by atoms with Crippen LogP contribution in [0.4, 0.5) is 0 Å². The van der Waals surface area contributed by atoms with Gasteiger partial charge in [-0.25, -0.2) is 13.1 Å². The predicted octanol–water partition coefficient (Wildman–Crippen LogP) is 0.989. The standard InChI is InChI=1S/C11H13ClN4O2S/c1-16-7-4-9(15-16)2-6-14-19(17,18)11-8-13-5-3-10(11)12/h3-5,7-8,14H,2,6H2,1H3. The predicted molar refractivity (Wildman–Crippen MR) is 71.3 cm³/mol. The Morgan fingerprint density at radius 3 is 2.84 bits per heavy atom. The molecule has 1 N–H and O–H groups in total. The second kappa shape index (κ2) is 5.68. The highest BCUT2D eigenvalue weighted by atomic mass is 35.5. The summed E-state index contributed by atoms with van der Waals surface area (Å²) in [7, 11) is -1.82. The van der Waals surface area contributed by atoms with Crippen LogP contribution in [0.5, 0.6) is 0 Å². The van der Waals surface area contributed by atoms with E-state index in [9.17, 15) is 8.42 Å². The van der Waals surface area contributed by atoms with Crippen molar-refractivity contribution in [3.05, 3.63) is 41.4 Å². The van der Waals surface area contributed by atoms with Crippen molar-refractivity contribution >= 4 is 21.6 Å². The van der Waals surface area contributed by atoms with Crippen molar-refractivity contribution in [2.75, 3.05) is 6.54 Å². The van der Waals surface area contributed by atoms with Crippen LogP contribution in [0.2, 0.25) is 5.02 Å². The zero-order chi connectivity index (χ0) is 13.9. The second-order valence-corrected chi connectivity index (χ2v) is 6.08. The Labute approximate surface area is 116 Å². The molecule has 2 rings (SSSR count). The van der Waals surface area contributed by atoms with Crippen LogP contribution < -0.4 is 4.72 Å². The first kappa shape index (κ1) is 14.0. The molecule has 0 saturated carbocycles. The van der Waals surface area contributed by atoms with Gasteiger partial charge < -0.3 is 0 Å². The van der Waals surface area contributed by atoms with E-state index < -0.39 is 10.0 Å². The number of halogens is 1. The van der Waals surface area contributed by atoms with E-state index in [4.69, 9.17) is 11.6 Å². The van der Waals surface area contributed by atoms with E-state index in [0.717, 1.165) is 5.69 Å². The summed E-state index contributed by atoms with van der Waals surface area (Å²) in [5.74, 6) is 0. The summed E-state index contributed by atoms with van der Waals surface area (Å²) >= 11 is 5.83. The van der Waals surface area contributed by atoms with Gasteiger partial charge in [-0.2, -0.15) is 5.10 Å². The van der Waals surface area contributed by atoms with Gasteiger partial charge in [0.15, 0.2) is 0 Å². The molecule has 2 aromatic heterocycles. The lowest BCUT2D eigenvalue weighted by molar-refractivity contribution is 0.580. The minimum absolute atomic E-state index is 0.0160. The van der Waals surface area contributed by atoms with Gasteiger partial charge in [-0.15, -0.1) is 0 Å². The molecule has 0 spiro atoms. The fourth-order valence-corrected chi connectivity index (χ4v) is 3.01. The van der Waals surface area contributed by atoms with Crippen molar-refractivity contribution in [3.8, 4) is 0 Å². The zero-order valence-electron chi connectivity index (χ0n) is 10.2. The number of sulfonamides is 1. The Morgan fingerprint density at radius 1 is 1.42 bits per heavy atom. The fourth-order valence-electron chi connectivity index (χ4n) is 1.55. The Hall–Kier alpha value is -1.44. The van der Waals surface area contributed by atoms with Crippen molar-refractivity contribution in [2.45, 2.75) is 11.3 Å². The van der Waals surface area contributed by atoms with Gasteiger partial charge >= 0.3 is 0 Å². The summed E-state index contributed by atoms with van der Waals surface area (Å²) < 4.78 is 28.1. The van der Waals surface area contributed by atoms with Crippen LogP contribution in [0.1, 0.15) is 5.69 Å². The molecule has 19 heavy (non-hydrogen) atoms. The first-order valence-corrected chi connectivity index (χ1v) is 7.43.